The van der Waals surface area contributed by atoms with Crippen LogP contribution in [-0.2, 0) is 9.47 Å². The Kier molecular flexibility index (Phi) is 16.4. The number of nitrogens with zero attached hydrogens (tertiary/aromatic N) is 3. The lowest BCUT2D eigenvalue weighted by atomic mass is 10.2. The molecule has 0 saturated carbocycles. The van der Waals surface area contributed by atoms with E-state index >= 15 is 0 Å². The van der Waals surface area contributed by atoms with Crippen molar-refractivity contribution in [2.75, 3.05) is 65.6 Å². The highest BCUT2D eigenvalue weighted by Gasteiger charge is 2.25. The Bertz CT molecular complexity index is 478. The number of guanidine groups is 1. The van der Waals surface area contributed by atoms with Crippen LogP contribution in [0.15, 0.2) is 4.99 Å². The Hall–Kier alpha value is -0.810. The third-order valence-corrected chi connectivity index (χ3v) is 4.48. The summed E-state index contributed by atoms with van der Waals surface area (Å²) < 4.78 is 10.8. The summed E-state index contributed by atoms with van der Waals surface area (Å²) in [6, 6.07) is 0. The molecule has 1 aliphatic heterocycles. The molecule has 1 heterocycles. The van der Waals surface area contributed by atoms with Crippen molar-refractivity contribution < 1.29 is 14.3 Å². The molecule has 9 heteroatoms. The molecule has 1 rings (SSSR count). The molecule has 30 heavy (non-hydrogen) atoms. The first-order chi connectivity index (χ1) is 13.9. The Morgan fingerprint density at radius 2 is 1.73 bits per heavy atom. The minimum atomic E-state index is -0.437. The highest BCUT2D eigenvalue weighted by atomic mass is 127. The van der Waals surface area contributed by atoms with Gasteiger partial charge in [0.2, 0.25) is 0 Å². The predicted octanol–water partition coefficient (Wildman–Crippen LogP) is 2.92. The Morgan fingerprint density at radius 1 is 1.03 bits per heavy atom. The summed E-state index contributed by atoms with van der Waals surface area (Å²) in [6.45, 7) is 18.2. The van der Waals surface area contributed by atoms with E-state index in [0.717, 1.165) is 90.8 Å². The zero-order chi connectivity index (χ0) is 21.5. The van der Waals surface area contributed by atoms with Gasteiger partial charge in [-0.05, 0) is 53.9 Å². The van der Waals surface area contributed by atoms with Crippen LogP contribution in [0.25, 0.3) is 0 Å². The predicted molar refractivity (Wildman–Crippen MR) is 134 cm³/mol. The molecule has 1 saturated heterocycles. The van der Waals surface area contributed by atoms with Gasteiger partial charge < -0.3 is 25.0 Å². The lowest BCUT2D eigenvalue weighted by Crippen LogP contribution is -2.50. The quantitative estimate of drug-likeness (QED) is 0.181. The zero-order valence-electron chi connectivity index (χ0n) is 19.7. The molecule has 0 unspecified atom stereocenters. The number of hydrogen-bond acceptors (Lipinski definition) is 5. The average molecular weight is 542 g/mol. The van der Waals surface area contributed by atoms with Crippen LogP contribution in [0.4, 0.5) is 4.79 Å². The standard InChI is InChI=1S/C21H43N5O3.HI/c1-6-22-19(23-11-8-9-18-28-7-2)24-12-10-13-25-14-16-26(17-15-25)20(27)29-21(3,4)5;/h6-18H2,1-5H3,(H2,22,23,24);1H. The third-order valence-electron chi connectivity index (χ3n) is 4.48. The molecule has 0 aromatic heterocycles. The largest absolute Gasteiger partial charge is 0.444 e. The van der Waals surface area contributed by atoms with Crippen LogP contribution in [0.1, 0.15) is 53.9 Å². The van der Waals surface area contributed by atoms with Crippen LogP contribution in [0.2, 0.25) is 0 Å². The number of ether oxygens (including phenoxy) is 2. The van der Waals surface area contributed by atoms with Gasteiger partial charge in [0, 0.05) is 65.6 Å². The van der Waals surface area contributed by atoms with Crippen LogP contribution in [0.3, 0.4) is 0 Å². The number of rotatable bonds is 11. The van der Waals surface area contributed by atoms with Gasteiger partial charge in [-0.1, -0.05) is 0 Å². The number of carbonyl (C=O) groups is 1. The first-order valence-corrected chi connectivity index (χ1v) is 11.2. The summed E-state index contributed by atoms with van der Waals surface area (Å²) >= 11 is 0. The molecular weight excluding hydrogens is 497 g/mol. The molecule has 0 aromatic carbocycles. The number of piperazine rings is 1. The molecule has 178 valence electrons. The molecule has 0 bridgehead atoms. The molecule has 1 aliphatic rings. The number of carbonyl (C=O) groups excluding carboxylic acids is 1. The van der Waals surface area contributed by atoms with Crippen molar-refractivity contribution in [3.63, 3.8) is 0 Å². The van der Waals surface area contributed by atoms with Crippen LogP contribution in [-0.4, -0.2) is 93.0 Å². The Balaban J connectivity index is 0.00000841. The second kappa shape index (κ2) is 16.8. The third kappa shape index (κ3) is 14.2. The number of amides is 1. The molecule has 1 fully saturated rings. The summed E-state index contributed by atoms with van der Waals surface area (Å²) in [6.07, 6.45) is 2.94. The van der Waals surface area contributed by atoms with Gasteiger partial charge in [-0.15, -0.1) is 24.0 Å². The second-order valence-electron chi connectivity index (χ2n) is 8.25. The monoisotopic (exact) mass is 541 g/mol. The normalized spacial score (nSPS) is 15.5. The van der Waals surface area contributed by atoms with E-state index < -0.39 is 5.60 Å². The van der Waals surface area contributed by atoms with E-state index in [9.17, 15) is 4.79 Å². The van der Waals surface area contributed by atoms with Crippen LogP contribution < -0.4 is 10.6 Å². The van der Waals surface area contributed by atoms with E-state index in [4.69, 9.17) is 9.47 Å². The van der Waals surface area contributed by atoms with Gasteiger partial charge in [-0.25, -0.2) is 4.79 Å². The van der Waals surface area contributed by atoms with Gasteiger partial charge in [0.05, 0.1) is 0 Å². The smallest absolute Gasteiger partial charge is 0.410 e. The number of nitrogens with one attached hydrogen (secondary N) is 2. The van der Waals surface area contributed by atoms with Crippen molar-refractivity contribution in [3.8, 4) is 0 Å². The van der Waals surface area contributed by atoms with Crippen LogP contribution >= 0.6 is 24.0 Å². The van der Waals surface area contributed by atoms with E-state index in [-0.39, 0.29) is 30.1 Å². The summed E-state index contributed by atoms with van der Waals surface area (Å²) in [5.41, 5.74) is -0.437. The fourth-order valence-electron chi connectivity index (χ4n) is 2.99. The topological polar surface area (TPSA) is 78.4 Å². The maximum absolute atomic E-state index is 12.1. The second-order valence-corrected chi connectivity index (χ2v) is 8.25. The Morgan fingerprint density at radius 3 is 2.33 bits per heavy atom. The first kappa shape index (κ1) is 29.2. The minimum absolute atomic E-state index is 0. The summed E-state index contributed by atoms with van der Waals surface area (Å²) in [5, 5.41) is 6.68. The molecule has 0 aliphatic carbocycles. The van der Waals surface area contributed by atoms with Crippen molar-refractivity contribution in [2.45, 2.75) is 59.5 Å². The van der Waals surface area contributed by atoms with Gasteiger partial charge in [-0.2, -0.15) is 0 Å². The SMILES string of the molecule is CCNC(=NCCCN1CCN(C(=O)OC(C)(C)C)CC1)NCCCCOCC.I. The molecule has 0 atom stereocenters. The maximum atomic E-state index is 12.1. The van der Waals surface area contributed by atoms with Gasteiger partial charge in [-0.3, -0.25) is 9.89 Å². The van der Waals surface area contributed by atoms with Gasteiger partial charge in [0.15, 0.2) is 5.96 Å². The van der Waals surface area contributed by atoms with E-state index in [2.05, 4.69) is 27.4 Å². The van der Waals surface area contributed by atoms with E-state index in [1.54, 1.807) is 4.90 Å². The van der Waals surface area contributed by atoms with Crippen molar-refractivity contribution in [1.29, 1.82) is 0 Å². The van der Waals surface area contributed by atoms with Crippen LogP contribution in [0.5, 0.6) is 0 Å². The molecule has 0 spiro atoms. The average Bonchev–Trinajstić information content (AvgIpc) is 2.67. The summed E-state index contributed by atoms with van der Waals surface area (Å²) in [4.78, 5) is 21.0. The van der Waals surface area contributed by atoms with Crippen molar-refractivity contribution in [1.82, 2.24) is 20.4 Å². The molecule has 0 radical (unpaired) electrons. The number of aliphatic imine (C=N–C) groups is 1. The molecule has 8 nitrogen and oxygen atoms in total. The van der Waals surface area contributed by atoms with Gasteiger partial charge in [0.25, 0.3) is 0 Å². The lowest BCUT2D eigenvalue weighted by Gasteiger charge is -2.35. The van der Waals surface area contributed by atoms with Crippen molar-refractivity contribution in [2.24, 2.45) is 4.99 Å². The first-order valence-electron chi connectivity index (χ1n) is 11.2. The van der Waals surface area contributed by atoms with Crippen molar-refractivity contribution >= 4 is 36.0 Å². The maximum Gasteiger partial charge on any atom is 0.410 e. The molecule has 2 N–H and O–H groups in total. The van der Waals surface area contributed by atoms with Crippen LogP contribution in [0, 0.1) is 0 Å². The van der Waals surface area contributed by atoms with E-state index in [1.165, 1.54) is 0 Å². The van der Waals surface area contributed by atoms with Crippen molar-refractivity contribution in [3.05, 3.63) is 0 Å². The fraction of sp³-hybridized carbons (Fsp3) is 0.905. The number of halogens is 1. The lowest BCUT2D eigenvalue weighted by molar-refractivity contribution is 0.0145. The van der Waals surface area contributed by atoms with E-state index in [0.29, 0.717) is 0 Å². The zero-order valence-corrected chi connectivity index (χ0v) is 22.0. The highest BCUT2D eigenvalue weighted by molar-refractivity contribution is 14.0. The number of unbranched alkanes of at least 4 members (excludes halogenated alkanes) is 1. The van der Waals surface area contributed by atoms with Gasteiger partial charge >= 0.3 is 6.09 Å². The minimum Gasteiger partial charge on any atom is -0.444 e. The number of hydrogen-bond donors (Lipinski definition) is 2. The Labute approximate surface area is 200 Å². The fourth-order valence-corrected chi connectivity index (χ4v) is 2.99. The van der Waals surface area contributed by atoms with Gasteiger partial charge in [0.1, 0.15) is 5.60 Å². The van der Waals surface area contributed by atoms with E-state index in [1.807, 2.05) is 27.7 Å². The molecule has 0 aromatic rings. The highest BCUT2D eigenvalue weighted by Crippen LogP contribution is 2.12. The summed E-state index contributed by atoms with van der Waals surface area (Å²) in [5.74, 6) is 0.888. The summed E-state index contributed by atoms with van der Waals surface area (Å²) in [7, 11) is 0. The molecular formula is C21H44IN5O3. The molecule has 1 amide bonds.